The Labute approximate surface area is 159 Å². The van der Waals surface area contributed by atoms with Gasteiger partial charge in [-0.1, -0.05) is 30.3 Å². The summed E-state index contributed by atoms with van der Waals surface area (Å²) in [6, 6.07) is 15.1. The number of ether oxygens (including phenoxy) is 1. The van der Waals surface area contributed by atoms with Crippen LogP contribution in [0.4, 0.5) is 0 Å². The van der Waals surface area contributed by atoms with Crippen LogP contribution in [0.2, 0.25) is 0 Å². The average Bonchev–Trinajstić information content (AvgIpc) is 2.68. The lowest BCUT2D eigenvalue weighted by Gasteiger charge is -2.13. The van der Waals surface area contributed by atoms with E-state index in [0.29, 0.717) is 12.3 Å². The van der Waals surface area contributed by atoms with Crippen LogP contribution in [0.3, 0.4) is 0 Å². The Bertz CT molecular complexity index is 926. The molecule has 0 aliphatic heterocycles. The molecular weight excluding hydrogens is 338 g/mol. The summed E-state index contributed by atoms with van der Waals surface area (Å²) in [5.74, 6) is 0.409. The van der Waals surface area contributed by atoms with E-state index in [2.05, 4.69) is 9.97 Å². The van der Waals surface area contributed by atoms with Crippen LogP contribution in [0, 0.1) is 6.92 Å². The van der Waals surface area contributed by atoms with Gasteiger partial charge in [0.25, 0.3) is 0 Å². The molecule has 2 aromatic heterocycles. The molecule has 0 saturated heterocycles. The zero-order chi connectivity index (χ0) is 19.2. The maximum absolute atomic E-state index is 12.7. The molecule has 5 nitrogen and oxygen atoms in total. The number of aryl methyl sites for hydroxylation is 1. The molecule has 0 spiro atoms. The van der Waals surface area contributed by atoms with Gasteiger partial charge in [-0.15, -0.1) is 0 Å². The Kier molecular flexibility index (Phi) is 5.94. The Hall–Kier alpha value is -3.05. The molecule has 27 heavy (non-hydrogen) atoms. The summed E-state index contributed by atoms with van der Waals surface area (Å²) in [5, 5.41) is 0. The highest BCUT2D eigenvalue weighted by molar-refractivity contribution is 5.87. The highest BCUT2D eigenvalue weighted by atomic mass is 16.5. The Morgan fingerprint density at radius 2 is 1.89 bits per heavy atom. The number of pyridine rings is 2. The van der Waals surface area contributed by atoms with Gasteiger partial charge in [-0.05, 0) is 42.7 Å². The quantitative estimate of drug-likeness (QED) is 0.699. The number of benzene rings is 1. The number of nitrogens with two attached hydrogens (primary N) is 1. The number of carbonyl (C=O) groups excluding carboxylic acids is 1. The second-order valence-corrected chi connectivity index (χ2v) is 6.52. The molecule has 2 heterocycles. The van der Waals surface area contributed by atoms with Crippen molar-refractivity contribution in [2.75, 3.05) is 7.11 Å². The number of ketones is 1. The van der Waals surface area contributed by atoms with E-state index in [0.717, 1.165) is 27.9 Å². The first-order chi connectivity index (χ1) is 13.1. The number of methoxy groups -OCH3 is 1. The monoisotopic (exact) mass is 361 g/mol. The molecule has 0 bridgehead atoms. The molecule has 2 N–H and O–H groups in total. The molecule has 138 valence electrons. The third-order valence-corrected chi connectivity index (χ3v) is 4.43. The van der Waals surface area contributed by atoms with Crippen LogP contribution in [0.5, 0.6) is 5.88 Å². The molecule has 5 heteroatoms. The molecule has 1 aromatic carbocycles. The number of rotatable bonds is 7. The van der Waals surface area contributed by atoms with Gasteiger partial charge in [0, 0.05) is 35.6 Å². The first-order valence-corrected chi connectivity index (χ1v) is 8.85. The Morgan fingerprint density at radius 1 is 1.11 bits per heavy atom. The number of hydrogen-bond donors (Lipinski definition) is 1. The number of carbonyl (C=O) groups is 1. The fourth-order valence-corrected chi connectivity index (χ4v) is 2.99. The summed E-state index contributed by atoms with van der Waals surface area (Å²) in [6.07, 6.45) is 4.20. The summed E-state index contributed by atoms with van der Waals surface area (Å²) in [6.45, 7) is 1.94. The van der Waals surface area contributed by atoms with Gasteiger partial charge >= 0.3 is 0 Å². The second kappa shape index (κ2) is 8.56. The molecule has 0 radical (unpaired) electrons. The van der Waals surface area contributed by atoms with E-state index in [-0.39, 0.29) is 12.2 Å². The Morgan fingerprint density at radius 3 is 2.59 bits per heavy atom. The SMILES string of the molecule is COc1ncc(-c2ccnc(C)c2)cc1CC(=O)[C@@H](N)Cc1ccccc1. The van der Waals surface area contributed by atoms with E-state index in [4.69, 9.17) is 10.5 Å². The summed E-state index contributed by atoms with van der Waals surface area (Å²) >= 11 is 0. The van der Waals surface area contributed by atoms with Gasteiger partial charge in [0.2, 0.25) is 5.88 Å². The van der Waals surface area contributed by atoms with Crippen LogP contribution in [0.1, 0.15) is 16.8 Å². The van der Waals surface area contributed by atoms with Crippen molar-refractivity contribution >= 4 is 5.78 Å². The predicted molar refractivity (Wildman–Crippen MR) is 106 cm³/mol. The van der Waals surface area contributed by atoms with Crippen molar-refractivity contribution in [1.82, 2.24) is 9.97 Å². The lowest BCUT2D eigenvalue weighted by Crippen LogP contribution is -2.34. The summed E-state index contributed by atoms with van der Waals surface area (Å²) in [4.78, 5) is 21.2. The zero-order valence-corrected chi connectivity index (χ0v) is 15.6. The number of aromatic nitrogens is 2. The van der Waals surface area contributed by atoms with Crippen LogP contribution in [-0.2, 0) is 17.6 Å². The molecule has 0 saturated carbocycles. The van der Waals surface area contributed by atoms with Gasteiger partial charge in [-0.2, -0.15) is 0 Å². The maximum Gasteiger partial charge on any atom is 0.216 e. The second-order valence-electron chi connectivity index (χ2n) is 6.52. The van der Waals surface area contributed by atoms with Gasteiger partial charge in [-0.25, -0.2) is 4.98 Å². The molecule has 0 fully saturated rings. The summed E-state index contributed by atoms with van der Waals surface area (Å²) < 4.78 is 5.34. The van der Waals surface area contributed by atoms with E-state index in [1.54, 1.807) is 19.5 Å². The molecule has 3 rings (SSSR count). The minimum Gasteiger partial charge on any atom is -0.481 e. The normalized spacial score (nSPS) is 11.8. The Balaban J connectivity index is 1.80. The highest BCUT2D eigenvalue weighted by Crippen LogP contribution is 2.25. The predicted octanol–water partition coefficient (Wildman–Crippen LogP) is 3.14. The van der Waals surface area contributed by atoms with E-state index < -0.39 is 6.04 Å². The van der Waals surface area contributed by atoms with Crippen molar-refractivity contribution in [1.29, 1.82) is 0 Å². The molecule has 0 aliphatic carbocycles. The first-order valence-electron chi connectivity index (χ1n) is 8.85. The van der Waals surface area contributed by atoms with Crippen molar-refractivity contribution < 1.29 is 9.53 Å². The number of nitrogens with zero attached hydrogens (tertiary/aromatic N) is 2. The third kappa shape index (κ3) is 4.77. The molecule has 1 atom stereocenters. The van der Waals surface area contributed by atoms with Gasteiger partial charge < -0.3 is 10.5 Å². The highest BCUT2D eigenvalue weighted by Gasteiger charge is 2.18. The largest absolute Gasteiger partial charge is 0.481 e. The number of hydrogen-bond acceptors (Lipinski definition) is 5. The van der Waals surface area contributed by atoms with Crippen LogP contribution in [0.15, 0.2) is 60.9 Å². The fourth-order valence-electron chi connectivity index (χ4n) is 2.99. The first kappa shape index (κ1) is 18.7. The fraction of sp³-hybridized carbons (Fsp3) is 0.227. The summed E-state index contributed by atoms with van der Waals surface area (Å²) in [5.41, 5.74) is 10.8. The van der Waals surface area contributed by atoms with Crippen molar-refractivity contribution in [3.8, 4) is 17.0 Å². The van der Waals surface area contributed by atoms with Crippen LogP contribution >= 0.6 is 0 Å². The van der Waals surface area contributed by atoms with E-state index in [9.17, 15) is 4.79 Å². The van der Waals surface area contributed by atoms with Gasteiger partial charge in [-0.3, -0.25) is 9.78 Å². The van der Waals surface area contributed by atoms with Crippen molar-refractivity contribution in [3.05, 3.63) is 77.7 Å². The van der Waals surface area contributed by atoms with Crippen LogP contribution < -0.4 is 10.5 Å². The van der Waals surface area contributed by atoms with Crippen molar-refractivity contribution in [2.45, 2.75) is 25.8 Å². The van der Waals surface area contributed by atoms with Crippen molar-refractivity contribution in [2.24, 2.45) is 5.73 Å². The minimum absolute atomic E-state index is 0.0398. The maximum atomic E-state index is 12.7. The lowest BCUT2D eigenvalue weighted by atomic mass is 9.97. The smallest absolute Gasteiger partial charge is 0.216 e. The summed E-state index contributed by atoms with van der Waals surface area (Å²) in [7, 11) is 1.55. The zero-order valence-electron chi connectivity index (χ0n) is 15.6. The molecule has 0 amide bonds. The lowest BCUT2D eigenvalue weighted by molar-refractivity contribution is -0.119. The minimum atomic E-state index is -0.566. The molecule has 0 aliphatic rings. The van der Waals surface area contributed by atoms with E-state index >= 15 is 0 Å². The molecular formula is C22H23N3O2. The van der Waals surface area contributed by atoms with E-state index in [1.807, 2.05) is 55.5 Å². The topological polar surface area (TPSA) is 78.1 Å². The molecule has 0 unspecified atom stereocenters. The van der Waals surface area contributed by atoms with Gasteiger partial charge in [0.05, 0.1) is 13.2 Å². The van der Waals surface area contributed by atoms with Gasteiger partial charge in [0.15, 0.2) is 5.78 Å². The van der Waals surface area contributed by atoms with E-state index in [1.165, 1.54) is 0 Å². The third-order valence-electron chi connectivity index (χ3n) is 4.43. The number of Topliss-reactive ketones (excluding diaryl/α,β-unsaturated/α-hetero) is 1. The van der Waals surface area contributed by atoms with Crippen LogP contribution in [0.25, 0.3) is 11.1 Å². The van der Waals surface area contributed by atoms with Gasteiger partial charge in [0.1, 0.15) is 0 Å². The van der Waals surface area contributed by atoms with Crippen molar-refractivity contribution in [3.63, 3.8) is 0 Å². The molecule has 3 aromatic rings. The average molecular weight is 361 g/mol. The van der Waals surface area contributed by atoms with Crippen LogP contribution in [-0.4, -0.2) is 28.9 Å². The standard InChI is InChI=1S/C22H23N3O2/c1-15-10-17(8-9-24-15)19-12-18(22(27-2)25-14-19)13-21(26)20(23)11-16-6-4-3-5-7-16/h3-10,12,14,20H,11,13,23H2,1-2H3/t20-/m0/s1.